The van der Waals surface area contributed by atoms with Crippen LogP contribution in [0.15, 0.2) is 10.3 Å². The van der Waals surface area contributed by atoms with E-state index < -0.39 is 10.0 Å². The molecule has 5 nitrogen and oxygen atoms in total. The Morgan fingerprint density at radius 1 is 1.55 bits per heavy atom. The molecule has 3 N–H and O–H groups in total. The molecule has 1 aromatic rings. The number of piperidine rings is 1. The van der Waals surface area contributed by atoms with Crippen molar-refractivity contribution >= 4 is 21.4 Å². The number of hydrogen-bond donors (Lipinski definition) is 2. The number of sulfonamides is 1. The lowest BCUT2D eigenvalue weighted by atomic mass is 10.0. The molecule has 1 aliphatic heterocycles. The molecule has 1 fully saturated rings. The van der Waals surface area contributed by atoms with Gasteiger partial charge in [0.15, 0.2) is 0 Å². The Labute approximate surface area is 125 Å². The summed E-state index contributed by atoms with van der Waals surface area (Å²) in [6.07, 6.45) is 1.71. The molecule has 2 heterocycles. The van der Waals surface area contributed by atoms with E-state index in [1.165, 1.54) is 11.3 Å². The monoisotopic (exact) mass is 317 g/mol. The van der Waals surface area contributed by atoms with E-state index in [1.54, 1.807) is 6.07 Å². The Morgan fingerprint density at radius 3 is 2.80 bits per heavy atom. The molecule has 0 saturated carbocycles. The quantitative estimate of drug-likeness (QED) is 0.877. The molecule has 0 spiro atoms. The van der Waals surface area contributed by atoms with E-state index in [0.717, 1.165) is 29.8 Å². The molecule has 2 rings (SSSR count). The molecule has 114 valence electrons. The molecule has 0 aliphatic carbocycles. The molecule has 2 atom stereocenters. The molecule has 1 aliphatic rings. The number of thiophene rings is 1. The summed E-state index contributed by atoms with van der Waals surface area (Å²) in [5, 5.41) is 0. The van der Waals surface area contributed by atoms with Crippen molar-refractivity contribution in [2.24, 2.45) is 5.73 Å². The summed E-state index contributed by atoms with van der Waals surface area (Å²) in [4.78, 5) is 3.19. The summed E-state index contributed by atoms with van der Waals surface area (Å²) < 4.78 is 28.0. The predicted octanol–water partition coefficient (Wildman–Crippen LogP) is 1.28. The van der Waals surface area contributed by atoms with Crippen molar-refractivity contribution < 1.29 is 8.42 Å². The van der Waals surface area contributed by atoms with Crippen LogP contribution in [0.4, 0.5) is 0 Å². The highest BCUT2D eigenvalue weighted by atomic mass is 32.2. The van der Waals surface area contributed by atoms with Gasteiger partial charge in [0.25, 0.3) is 0 Å². The fourth-order valence-electron chi connectivity index (χ4n) is 2.50. The standard InChI is InChI=1S/C13H23N3O2S2/c1-9-6-13(19-12(9)8-14)20(17,18)15-11-4-5-16(3)10(2)7-11/h6,10-11,15H,4-5,7-8,14H2,1-3H3. The van der Waals surface area contributed by atoms with Gasteiger partial charge < -0.3 is 10.6 Å². The molecule has 2 unspecified atom stereocenters. The van der Waals surface area contributed by atoms with Gasteiger partial charge in [-0.3, -0.25) is 0 Å². The molecular weight excluding hydrogens is 294 g/mol. The van der Waals surface area contributed by atoms with Crippen molar-refractivity contribution in [1.82, 2.24) is 9.62 Å². The minimum Gasteiger partial charge on any atom is -0.326 e. The lowest BCUT2D eigenvalue weighted by Crippen LogP contribution is -2.47. The zero-order valence-electron chi connectivity index (χ0n) is 12.2. The lowest BCUT2D eigenvalue weighted by molar-refractivity contribution is 0.178. The average molecular weight is 317 g/mol. The number of rotatable bonds is 4. The molecule has 1 saturated heterocycles. The Balaban J connectivity index is 2.11. The molecular formula is C13H23N3O2S2. The highest BCUT2D eigenvalue weighted by molar-refractivity contribution is 7.91. The van der Waals surface area contributed by atoms with Gasteiger partial charge in [0.05, 0.1) is 0 Å². The third-order valence-corrected chi connectivity index (χ3v) is 7.23. The Kier molecular flexibility index (Phi) is 4.86. The fourth-order valence-corrected chi connectivity index (χ4v) is 5.27. The number of nitrogens with two attached hydrogens (primary N) is 1. The molecule has 7 heteroatoms. The number of hydrogen-bond acceptors (Lipinski definition) is 5. The van der Waals surface area contributed by atoms with E-state index in [-0.39, 0.29) is 6.04 Å². The predicted molar refractivity (Wildman–Crippen MR) is 82.4 cm³/mol. The summed E-state index contributed by atoms with van der Waals surface area (Å²) in [5.41, 5.74) is 6.57. The summed E-state index contributed by atoms with van der Waals surface area (Å²) in [6, 6.07) is 2.14. The summed E-state index contributed by atoms with van der Waals surface area (Å²) in [6.45, 7) is 5.33. The largest absolute Gasteiger partial charge is 0.326 e. The van der Waals surface area contributed by atoms with E-state index in [2.05, 4.69) is 23.6 Å². The van der Waals surface area contributed by atoms with E-state index >= 15 is 0 Å². The van der Waals surface area contributed by atoms with Crippen molar-refractivity contribution in [2.75, 3.05) is 13.6 Å². The van der Waals surface area contributed by atoms with Gasteiger partial charge in [-0.1, -0.05) is 0 Å². The first-order valence-electron chi connectivity index (χ1n) is 6.85. The highest BCUT2D eigenvalue weighted by Crippen LogP contribution is 2.26. The average Bonchev–Trinajstić information content (AvgIpc) is 2.76. The SMILES string of the molecule is Cc1cc(S(=O)(=O)NC2CCN(C)C(C)C2)sc1CN. The molecule has 0 bridgehead atoms. The fraction of sp³-hybridized carbons (Fsp3) is 0.692. The normalized spacial score (nSPS) is 25.0. The van der Waals surface area contributed by atoms with Gasteiger partial charge in [0.2, 0.25) is 10.0 Å². The first-order valence-corrected chi connectivity index (χ1v) is 9.15. The summed E-state index contributed by atoms with van der Waals surface area (Å²) in [5.74, 6) is 0. The van der Waals surface area contributed by atoms with Crippen LogP contribution in [0.3, 0.4) is 0 Å². The molecule has 1 aromatic heterocycles. The topological polar surface area (TPSA) is 75.4 Å². The van der Waals surface area contributed by atoms with Crippen LogP contribution in [-0.2, 0) is 16.6 Å². The van der Waals surface area contributed by atoms with Crippen LogP contribution >= 0.6 is 11.3 Å². The van der Waals surface area contributed by atoms with Crippen LogP contribution in [0.1, 0.15) is 30.2 Å². The maximum Gasteiger partial charge on any atom is 0.250 e. The first kappa shape index (κ1) is 15.9. The maximum atomic E-state index is 12.4. The van der Waals surface area contributed by atoms with E-state index in [1.807, 2.05) is 6.92 Å². The van der Waals surface area contributed by atoms with Crippen molar-refractivity contribution in [3.05, 3.63) is 16.5 Å². The van der Waals surface area contributed by atoms with Crippen molar-refractivity contribution in [3.8, 4) is 0 Å². The van der Waals surface area contributed by atoms with Gasteiger partial charge in [-0.05, 0) is 51.9 Å². The van der Waals surface area contributed by atoms with Crippen LogP contribution in [-0.4, -0.2) is 39.0 Å². The smallest absolute Gasteiger partial charge is 0.250 e. The van der Waals surface area contributed by atoms with E-state index in [9.17, 15) is 8.42 Å². The molecule has 20 heavy (non-hydrogen) atoms. The van der Waals surface area contributed by atoms with Crippen molar-refractivity contribution in [2.45, 2.75) is 49.5 Å². The second-order valence-electron chi connectivity index (χ2n) is 5.55. The lowest BCUT2D eigenvalue weighted by Gasteiger charge is -2.35. The van der Waals surface area contributed by atoms with Gasteiger partial charge >= 0.3 is 0 Å². The van der Waals surface area contributed by atoms with E-state index in [4.69, 9.17) is 5.73 Å². The number of likely N-dealkylation sites (tertiary alicyclic amines) is 1. The third kappa shape index (κ3) is 3.40. The van der Waals surface area contributed by atoms with E-state index in [0.29, 0.717) is 16.8 Å². The zero-order chi connectivity index (χ0) is 14.9. The third-order valence-electron chi connectivity index (χ3n) is 3.98. The van der Waals surface area contributed by atoms with Crippen molar-refractivity contribution in [1.29, 1.82) is 0 Å². The zero-order valence-corrected chi connectivity index (χ0v) is 13.9. The Bertz CT molecular complexity index is 568. The van der Waals surface area contributed by atoms with Crippen molar-refractivity contribution in [3.63, 3.8) is 0 Å². The highest BCUT2D eigenvalue weighted by Gasteiger charge is 2.28. The van der Waals surface area contributed by atoms with Crippen LogP contribution in [0.25, 0.3) is 0 Å². The maximum absolute atomic E-state index is 12.4. The molecule has 0 radical (unpaired) electrons. The summed E-state index contributed by atoms with van der Waals surface area (Å²) >= 11 is 1.27. The number of nitrogens with zero attached hydrogens (tertiary/aromatic N) is 1. The van der Waals surface area contributed by atoms with Crippen LogP contribution < -0.4 is 10.5 Å². The Morgan fingerprint density at radius 2 is 2.25 bits per heavy atom. The second kappa shape index (κ2) is 6.11. The van der Waals surface area contributed by atoms with Crippen LogP contribution in [0.5, 0.6) is 0 Å². The van der Waals surface area contributed by atoms with Crippen LogP contribution in [0.2, 0.25) is 0 Å². The van der Waals surface area contributed by atoms with Gasteiger partial charge in [-0.25, -0.2) is 13.1 Å². The summed E-state index contributed by atoms with van der Waals surface area (Å²) in [7, 11) is -1.34. The van der Waals surface area contributed by atoms with Gasteiger partial charge in [0, 0.05) is 23.5 Å². The second-order valence-corrected chi connectivity index (χ2v) is 8.63. The number of aryl methyl sites for hydroxylation is 1. The minimum absolute atomic E-state index is 0.0231. The van der Waals surface area contributed by atoms with Gasteiger partial charge in [0.1, 0.15) is 4.21 Å². The first-order chi connectivity index (χ1) is 9.33. The van der Waals surface area contributed by atoms with Gasteiger partial charge in [-0.15, -0.1) is 11.3 Å². The van der Waals surface area contributed by atoms with Gasteiger partial charge in [-0.2, -0.15) is 0 Å². The molecule has 0 aromatic carbocycles. The Hall–Kier alpha value is -0.470. The van der Waals surface area contributed by atoms with Crippen LogP contribution in [0, 0.1) is 6.92 Å². The molecule has 0 amide bonds. The minimum atomic E-state index is -3.42. The number of nitrogens with one attached hydrogen (secondary N) is 1.